The first-order valence-corrected chi connectivity index (χ1v) is 7.57. The molecular formula is C17H23NO3. The summed E-state index contributed by atoms with van der Waals surface area (Å²) in [5, 5.41) is 9.63. The molecule has 1 saturated carbocycles. The van der Waals surface area contributed by atoms with E-state index in [1.807, 2.05) is 30.0 Å². The zero-order chi connectivity index (χ0) is 15.5. The molecule has 21 heavy (non-hydrogen) atoms. The number of carboxylic acids is 1. The van der Waals surface area contributed by atoms with Gasteiger partial charge >= 0.3 is 5.97 Å². The van der Waals surface area contributed by atoms with E-state index in [0.29, 0.717) is 18.2 Å². The van der Waals surface area contributed by atoms with Crippen molar-refractivity contribution in [2.24, 2.45) is 0 Å². The predicted octanol–water partition coefficient (Wildman–Crippen LogP) is 2.82. The van der Waals surface area contributed by atoms with Gasteiger partial charge in [-0.05, 0) is 31.7 Å². The molecule has 1 aliphatic rings. The Morgan fingerprint density at radius 3 is 2.38 bits per heavy atom. The molecule has 0 saturated heterocycles. The third-order valence-electron chi connectivity index (χ3n) is 4.16. The van der Waals surface area contributed by atoms with Crippen LogP contribution in [0.25, 0.3) is 0 Å². The quantitative estimate of drug-likeness (QED) is 0.839. The van der Waals surface area contributed by atoms with Crippen LogP contribution in [0.3, 0.4) is 0 Å². The summed E-state index contributed by atoms with van der Waals surface area (Å²) in [4.78, 5) is 26.2. The number of aliphatic carboxylic acids is 1. The predicted molar refractivity (Wildman–Crippen MR) is 81.1 cm³/mol. The summed E-state index contributed by atoms with van der Waals surface area (Å²) in [6.07, 6.45) is 3.00. The number of amides is 1. The summed E-state index contributed by atoms with van der Waals surface area (Å²) in [7, 11) is 0. The van der Waals surface area contributed by atoms with Crippen molar-refractivity contribution in [2.45, 2.75) is 51.0 Å². The van der Waals surface area contributed by atoms with Gasteiger partial charge in [-0.25, -0.2) is 0 Å². The molecule has 1 aliphatic carbocycles. The maximum absolute atomic E-state index is 12.6. The van der Waals surface area contributed by atoms with Crippen LogP contribution in [0.4, 0.5) is 0 Å². The van der Waals surface area contributed by atoms with Crippen molar-refractivity contribution in [2.75, 3.05) is 6.54 Å². The van der Waals surface area contributed by atoms with Crippen molar-refractivity contribution in [3.05, 3.63) is 35.9 Å². The minimum atomic E-state index is -1.17. The molecule has 0 aliphatic heterocycles. The molecule has 1 N–H and O–H groups in total. The van der Waals surface area contributed by atoms with Crippen LogP contribution < -0.4 is 0 Å². The topological polar surface area (TPSA) is 57.6 Å². The van der Waals surface area contributed by atoms with Gasteiger partial charge < -0.3 is 10.0 Å². The maximum Gasteiger partial charge on any atom is 0.314 e. The molecule has 4 nitrogen and oxygen atoms in total. The van der Waals surface area contributed by atoms with Crippen molar-refractivity contribution in [1.82, 2.24) is 4.90 Å². The third kappa shape index (κ3) is 3.43. The first-order valence-electron chi connectivity index (χ1n) is 7.57. The van der Waals surface area contributed by atoms with Gasteiger partial charge in [0.1, 0.15) is 0 Å². The van der Waals surface area contributed by atoms with E-state index in [4.69, 9.17) is 0 Å². The van der Waals surface area contributed by atoms with Crippen LogP contribution in [0.2, 0.25) is 0 Å². The molecule has 1 fully saturated rings. The molecule has 114 valence electrons. The van der Waals surface area contributed by atoms with Gasteiger partial charge in [-0.2, -0.15) is 0 Å². The Labute approximate surface area is 125 Å². The highest BCUT2D eigenvalue weighted by molar-refractivity contribution is 5.89. The van der Waals surface area contributed by atoms with Crippen LogP contribution in [-0.2, 0) is 15.0 Å². The standard InChI is InChI=1S/C17H23NO3/c1-3-11-18(14-9-10-14)15(19)12-17(2,16(20)21)13-7-5-4-6-8-13/h4-8,14H,3,9-12H2,1-2H3,(H,20,21). The molecule has 4 heteroatoms. The average Bonchev–Trinajstić information content (AvgIpc) is 3.29. The highest BCUT2D eigenvalue weighted by Gasteiger charge is 2.41. The second-order valence-electron chi connectivity index (χ2n) is 6.00. The number of hydrogen-bond acceptors (Lipinski definition) is 2. The monoisotopic (exact) mass is 289 g/mol. The van der Waals surface area contributed by atoms with Crippen LogP contribution in [0.15, 0.2) is 30.3 Å². The number of rotatable bonds is 7. The summed E-state index contributed by atoms with van der Waals surface area (Å²) in [6.45, 7) is 4.39. The van der Waals surface area contributed by atoms with E-state index >= 15 is 0 Å². The molecule has 1 aromatic rings. The summed E-state index contributed by atoms with van der Waals surface area (Å²) in [5.41, 5.74) is -0.489. The van der Waals surface area contributed by atoms with E-state index in [1.54, 1.807) is 19.1 Å². The second-order valence-corrected chi connectivity index (χ2v) is 6.00. The number of carbonyl (C=O) groups excluding carboxylic acids is 1. The number of nitrogens with zero attached hydrogens (tertiary/aromatic N) is 1. The molecular weight excluding hydrogens is 266 g/mol. The minimum absolute atomic E-state index is 0.0167. The van der Waals surface area contributed by atoms with Gasteiger partial charge in [-0.15, -0.1) is 0 Å². The van der Waals surface area contributed by atoms with Gasteiger partial charge in [0.15, 0.2) is 0 Å². The van der Waals surface area contributed by atoms with Gasteiger partial charge in [0.2, 0.25) is 5.91 Å². The van der Waals surface area contributed by atoms with Gasteiger partial charge in [-0.1, -0.05) is 37.3 Å². The lowest BCUT2D eigenvalue weighted by atomic mass is 9.79. The van der Waals surface area contributed by atoms with Gasteiger partial charge in [0.05, 0.1) is 5.41 Å². The summed E-state index contributed by atoms with van der Waals surface area (Å²) in [6, 6.07) is 9.36. The zero-order valence-corrected chi connectivity index (χ0v) is 12.7. The molecule has 0 bridgehead atoms. The molecule has 1 aromatic carbocycles. The number of benzene rings is 1. The SMILES string of the molecule is CCCN(C(=O)CC(C)(C(=O)O)c1ccccc1)C1CC1. The Kier molecular flexibility index (Phi) is 4.66. The lowest BCUT2D eigenvalue weighted by Crippen LogP contribution is -2.42. The van der Waals surface area contributed by atoms with Crippen molar-refractivity contribution in [3.8, 4) is 0 Å². The smallest absolute Gasteiger partial charge is 0.314 e. The normalized spacial score (nSPS) is 17.0. The lowest BCUT2D eigenvalue weighted by molar-refractivity contribution is -0.147. The minimum Gasteiger partial charge on any atom is -0.481 e. The lowest BCUT2D eigenvalue weighted by Gasteiger charge is -2.29. The Morgan fingerprint density at radius 1 is 1.29 bits per heavy atom. The Balaban J connectivity index is 2.19. The number of carbonyl (C=O) groups is 2. The Morgan fingerprint density at radius 2 is 1.90 bits per heavy atom. The highest BCUT2D eigenvalue weighted by atomic mass is 16.4. The number of carboxylic acid groups (broad SMARTS) is 1. The highest BCUT2D eigenvalue weighted by Crippen LogP contribution is 2.32. The number of hydrogen-bond donors (Lipinski definition) is 1. The van der Waals surface area contributed by atoms with E-state index in [0.717, 1.165) is 19.3 Å². The molecule has 0 heterocycles. The van der Waals surface area contributed by atoms with Crippen LogP contribution in [0.5, 0.6) is 0 Å². The van der Waals surface area contributed by atoms with Gasteiger partial charge in [0, 0.05) is 19.0 Å². The van der Waals surface area contributed by atoms with Crippen LogP contribution in [0.1, 0.15) is 45.1 Å². The molecule has 0 radical (unpaired) electrons. The van der Waals surface area contributed by atoms with E-state index in [9.17, 15) is 14.7 Å². The average molecular weight is 289 g/mol. The van der Waals surface area contributed by atoms with Crippen LogP contribution >= 0.6 is 0 Å². The van der Waals surface area contributed by atoms with Crippen molar-refractivity contribution >= 4 is 11.9 Å². The fourth-order valence-electron chi connectivity index (χ4n) is 2.65. The first-order chi connectivity index (χ1) is 9.99. The second kappa shape index (κ2) is 6.29. The zero-order valence-electron chi connectivity index (χ0n) is 12.7. The molecule has 1 unspecified atom stereocenters. The van der Waals surface area contributed by atoms with Crippen molar-refractivity contribution in [1.29, 1.82) is 0 Å². The molecule has 0 spiro atoms. The summed E-state index contributed by atoms with van der Waals surface area (Å²) < 4.78 is 0. The van der Waals surface area contributed by atoms with E-state index < -0.39 is 11.4 Å². The van der Waals surface area contributed by atoms with Crippen LogP contribution in [0, 0.1) is 0 Å². The van der Waals surface area contributed by atoms with E-state index in [-0.39, 0.29) is 12.3 Å². The third-order valence-corrected chi connectivity index (χ3v) is 4.16. The summed E-state index contributed by atoms with van der Waals surface area (Å²) >= 11 is 0. The largest absolute Gasteiger partial charge is 0.481 e. The first kappa shape index (κ1) is 15.5. The molecule has 0 aromatic heterocycles. The fraction of sp³-hybridized carbons (Fsp3) is 0.529. The maximum atomic E-state index is 12.6. The van der Waals surface area contributed by atoms with Crippen LogP contribution in [-0.4, -0.2) is 34.5 Å². The van der Waals surface area contributed by atoms with E-state index in [2.05, 4.69) is 0 Å². The summed E-state index contributed by atoms with van der Waals surface area (Å²) in [5.74, 6) is -0.998. The fourth-order valence-corrected chi connectivity index (χ4v) is 2.65. The van der Waals surface area contributed by atoms with Crippen molar-refractivity contribution < 1.29 is 14.7 Å². The van der Waals surface area contributed by atoms with Gasteiger partial charge in [0.25, 0.3) is 0 Å². The molecule has 1 amide bonds. The molecule has 2 rings (SSSR count). The molecule has 1 atom stereocenters. The van der Waals surface area contributed by atoms with E-state index in [1.165, 1.54) is 0 Å². The Hall–Kier alpha value is -1.84. The Bertz CT molecular complexity index is 510. The van der Waals surface area contributed by atoms with Gasteiger partial charge in [-0.3, -0.25) is 9.59 Å². The van der Waals surface area contributed by atoms with Crippen molar-refractivity contribution in [3.63, 3.8) is 0 Å².